The number of hydrogen-bond acceptors (Lipinski definition) is 4. The van der Waals surface area contributed by atoms with Crippen LogP contribution < -0.4 is 10.9 Å². The smallest absolute Gasteiger partial charge is 0.250 e. The summed E-state index contributed by atoms with van der Waals surface area (Å²) in [5.41, 5.74) is -0.0769. The maximum atomic E-state index is 11.8. The first-order valence-electron chi connectivity index (χ1n) is 7.41. The van der Waals surface area contributed by atoms with E-state index in [1.807, 2.05) is 0 Å². The Morgan fingerprint density at radius 3 is 2.86 bits per heavy atom. The Kier molecular flexibility index (Phi) is 5.95. The van der Waals surface area contributed by atoms with Crippen LogP contribution >= 0.6 is 0 Å². The Morgan fingerprint density at radius 2 is 2.14 bits per heavy atom. The molecule has 0 spiro atoms. The van der Waals surface area contributed by atoms with Crippen molar-refractivity contribution in [3.8, 4) is 0 Å². The topological polar surface area (TPSA) is 63.6 Å². The van der Waals surface area contributed by atoms with E-state index in [2.05, 4.69) is 17.1 Å². The fourth-order valence-corrected chi connectivity index (χ4v) is 2.36. The molecule has 1 fully saturated rings. The van der Waals surface area contributed by atoms with E-state index in [4.69, 9.17) is 4.74 Å². The van der Waals surface area contributed by atoms with Crippen LogP contribution in [0.3, 0.4) is 0 Å². The van der Waals surface area contributed by atoms with Crippen LogP contribution in [-0.4, -0.2) is 54.3 Å². The molecule has 1 unspecified atom stereocenters. The highest BCUT2D eigenvalue weighted by molar-refractivity contribution is 5.75. The summed E-state index contributed by atoms with van der Waals surface area (Å²) in [7, 11) is 0. The Balaban J connectivity index is 1.70. The third kappa shape index (κ3) is 4.99. The zero-order chi connectivity index (χ0) is 15.1. The third-order valence-corrected chi connectivity index (χ3v) is 3.74. The number of nitrogens with zero attached hydrogens (tertiary/aromatic N) is 2. The van der Waals surface area contributed by atoms with Gasteiger partial charge in [0.15, 0.2) is 0 Å². The molecule has 1 aromatic rings. The van der Waals surface area contributed by atoms with Crippen molar-refractivity contribution in [2.24, 2.45) is 0 Å². The first-order valence-corrected chi connectivity index (χ1v) is 7.41. The number of rotatable bonds is 6. The SMILES string of the molecule is CC(CNC(=O)CCn1ccccc1=O)N1CCOCC1. The largest absolute Gasteiger partial charge is 0.379 e. The van der Waals surface area contributed by atoms with Crippen molar-refractivity contribution in [3.05, 3.63) is 34.7 Å². The van der Waals surface area contributed by atoms with Crippen molar-refractivity contribution in [2.75, 3.05) is 32.8 Å². The highest BCUT2D eigenvalue weighted by atomic mass is 16.5. The molecular weight excluding hydrogens is 270 g/mol. The summed E-state index contributed by atoms with van der Waals surface area (Å²) in [5.74, 6) is -0.0223. The van der Waals surface area contributed by atoms with Crippen LogP contribution in [0.1, 0.15) is 13.3 Å². The number of morpholine rings is 1. The summed E-state index contributed by atoms with van der Waals surface area (Å²) in [4.78, 5) is 25.7. The van der Waals surface area contributed by atoms with Crippen LogP contribution in [0.4, 0.5) is 0 Å². The van der Waals surface area contributed by atoms with Crippen molar-refractivity contribution < 1.29 is 9.53 Å². The van der Waals surface area contributed by atoms with Gasteiger partial charge < -0.3 is 14.6 Å². The average Bonchev–Trinajstić information content (AvgIpc) is 2.52. The second-order valence-electron chi connectivity index (χ2n) is 5.28. The van der Waals surface area contributed by atoms with Crippen LogP contribution in [0.25, 0.3) is 0 Å². The molecule has 1 atom stereocenters. The number of hydrogen-bond donors (Lipinski definition) is 1. The lowest BCUT2D eigenvalue weighted by Gasteiger charge is -2.32. The van der Waals surface area contributed by atoms with Gasteiger partial charge in [-0.1, -0.05) is 6.07 Å². The molecule has 1 amide bonds. The quantitative estimate of drug-likeness (QED) is 0.806. The van der Waals surface area contributed by atoms with Gasteiger partial charge in [0, 0.05) is 50.9 Å². The molecule has 1 N–H and O–H groups in total. The minimum absolute atomic E-state index is 0.0223. The van der Waals surface area contributed by atoms with Gasteiger partial charge in [0.25, 0.3) is 5.56 Å². The molecule has 1 aliphatic heterocycles. The standard InChI is InChI=1S/C15H23N3O3/c1-13(17-8-10-21-11-9-17)12-16-14(19)5-7-18-6-3-2-4-15(18)20/h2-4,6,13H,5,7-12H2,1H3,(H,16,19). The number of aryl methyl sites for hydroxylation is 1. The number of ether oxygens (including phenoxy) is 1. The molecule has 0 bridgehead atoms. The van der Waals surface area contributed by atoms with Gasteiger partial charge in [-0.15, -0.1) is 0 Å². The summed E-state index contributed by atoms with van der Waals surface area (Å²) in [6.45, 7) is 6.49. The van der Waals surface area contributed by atoms with Gasteiger partial charge in [0.2, 0.25) is 5.91 Å². The van der Waals surface area contributed by atoms with Gasteiger partial charge in [-0.25, -0.2) is 0 Å². The molecule has 21 heavy (non-hydrogen) atoms. The van der Waals surface area contributed by atoms with Crippen LogP contribution in [-0.2, 0) is 16.1 Å². The van der Waals surface area contributed by atoms with Crippen molar-refractivity contribution in [2.45, 2.75) is 25.9 Å². The molecule has 2 heterocycles. The van der Waals surface area contributed by atoms with E-state index in [1.165, 1.54) is 6.07 Å². The number of pyridine rings is 1. The number of carbonyl (C=O) groups excluding carboxylic acids is 1. The summed E-state index contributed by atoms with van der Waals surface area (Å²) in [6, 6.07) is 5.29. The Hall–Kier alpha value is -1.66. The molecule has 0 radical (unpaired) electrons. The normalized spacial score (nSPS) is 17.4. The highest BCUT2D eigenvalue weighted by Crippen LogP contribution is 2.02. The Labute approximate surface area is 124 Å². The maximum Gasteiger partial charge on any atom is 0.250 e. The van der Waals surface area contributed by atoms with Crippen molar-refractivity contribution in [1.82, 2.24) is 14.8 Å². The zero-order valence-corrected chi connectivity index (χ0v) is 12.5. The van der Waals surface area contributed by atoms with Gasteiger partial charge in [-0.05, 0) is 13.0 Å². The molecule has 0 aliphatic carbocycles. The van der Waals surface area contributed by atoms with E-state index >= 15 is 0 Å². The van der Waals surface area contributed by atoms with E-state index in [9.17, 15) is 9.59 Å². The summed E-state index contributed by atoms with van der Waals surface area (Å²) in [6.07, 6.45) is 2.02. The molecule has 1 aliphatic rings. The minimum atomic E-state index is -0.0769. The molecule has 116 valence electrons. The van der Waals surface area contributed by atoms with Gasteiger partial charge >= 0.3 is 0 Å². The predicted octanol–water partition coefficient (Wildman–Crippen LogP) is 0.0753. The molecule has 1 aromatic heterocycles. The molecular formula is C15H23N3O3. The van der Waals surface area contributed by atoms with E-state index in [-0.39, 0.29) is 11.5 Å². The fourth-order valence-electron chi connectivity index (χ4n) is 2.36. The van der Waals surface area contributed by atoms with Crippen molar-refractivity contribution in [1.29, 1.82) is 0 Å². The van der Waals surface area contributed by atoms with Gasteiger partial charge in [-0.3, -0.25) is 14.5 Å². The monoisotopic (exact) mass is 293 g/mol. The van der Waals surface area contributed by atoms with E-state index in [0.717, 1.165) is 26.3 Å². The molecule has 2 rings (SSSR count). The number of carbonyl (C=O) groups is 1. The second kappa shape index (κ2) is 7.95. The summed E-state index contributed by atoms with van der Waals surface area (Å²) < 4.78 is 6.86. The Bertz CT molecular complexity index is 509. The molecule has 0 aromatic carbocycles. The highest BCUT2D eigenvalue weighted by Gasteiger charge is 2.17. The molecule has 0 saturated carbocycles. The van der Waals surface area contributed by atoms with Gasteiger partial charge in [0.05, 0.1) is 13.2 Å². The van der Waals surface area contributed by atoms with Crippen LogP contribution in [0.15, 0.2) is 29.2 Å². The van der Waals surface area contributed by atoms with E-state index in [1.54, 1.807) is 22.9 Å². The summed E-state index contributed by atoms with van der Waals surface area (Å²) >= 11 is 0. The third-order valence-electron chi connectivity index (χ3n) is 3.74. The van der Waals surface area contributed by atoms with Crippen molar-refractivity contribution in [3.63, 3.8) is 0 Å². The van der Waals surface area contributed by atoms with Gasteiger partial charge in [0.1, 0.15) is 0 Å². The summed E-state index contributed by atoms with van der Waals surface area (Å²) in [5, 5.41) is 2.93. The van der Waals surface area contributed by atoms with E-state index < -0.39 is 0 Å². The lowest BCUT2D eigenvalue weighted by Crippen LogP contribution is -2.47. The molecule has 6 heteroatoms. The second-order valence-corrected chi connectivity index (χ2v) is 5.28. The average molecular weight is 293 g/mol. The fraction of sp³-hybridized carbons (Fsp3) is 0.600. The first-order chi connectivity index (χ1) is 10.2. The predicted molar refractivity (Wildman–Crippen MR) is 80.2 cm³/mol. The van der Waals surface area contributed by atoms with E-state index in [0.29, 0.717) is 25.6 Å². The van der Waals surface area contributed by atoms with Crippen LogP contribution in [0.5, 0.6) is 0 Å². The Morgan fingerprint density at radius 1 is 1.38 bits per heavy atom. The number of aromatic nitrogens is 1. The minimum Gasteiger partial charge on any atom is -0.379 e. The number of amides is 1. The van der Waals surface area contributed by atoms with Crippen molar-refractivity contribution >= 4 is 5.91 Å². The number of nitrogens with one attached hydrogen (secondary N) is 1. The van der Waals surface area contributed by atoms with Crippen LogP contribution in [0, 0.1) is 0 Å². The lowest BCUT2D eigenvalue weighted by molar-refractivity contribution is -0.121. The molecule has 6 nitrogen and oxygen atoms in total. The maximum absolute atomic E-state index is 11.8. The zero-order valence-electron chi connectivity index (χ0n) is 12.5. The lowest BCUT2D eigenvalue weighted by atomic mass is 10.2. The molecule has 1 saturated heterocycles. The first kappa shape index (κ1) is 15.7. The van der Waals surface area contributed by atoms with Gasteiger partial charge in [-0.2, -0.15) is 0 Å². The van der Waals surface area contributed by atoms with Crippen LogP contribution in [0.2, 0.25) is 0 Å².